The van der Waals surface area contributed by atoms with E-state index in [2.05, 4.69) is 11.0 Å². The second kappa shape index (κ2) is 6.92. The zero-order chi connectivity index (χ0) is 13.7. The van der Waals surface area contributed by atoms with Crippen LogP contribution in [-0.2, 0) is 0 Å². The summed E-state index contributed by atoms with van der Waals surface area (Å²) in [6, 6.07) is 8.25. The van der Waals surface area contributed by atoms with Crippen LogP contribution in [0.25, 0.3) is 0 Å². The van der Waals surface area contributed by atoms with Crippen molar-refractivity contribution in [1.82, 2.24) is 0 Å². The second-order valence-corrected chi connectivity index (χ2v) is 5.36. The number of para-hydroxylation sites is 1. The molecule has 0 aromatic heterocycles. The molecule has 2 rings (SSSR count). The van der Waals surface area contributed by atoms with Gasteiger partial charge in [0, 0.05) is 17.8 Å². The van der Waals surface area contributed by atoms with Gasteiger partial charge in [-0.1, -0.05) is 38.0 Å². The van der Waals surface area contributed by atoms with Crippen molar-refractivity contribution < 1.29 is 10.2 Å². The van der Waals surface area contributed by atoms with Crippen molar-refractivity contribution >= 4 is 5.69 Å². The van der Waals surface area contributed by atoms with Gasteiger partial charge in [-0.15, -0.1) is 0 Å². The molecule has 1 saturated heterocycles. The summed E-state index contributed by atoms with van der Waals surface area (Å²) in [6.45, 7) is 3.16. The maximum Gasteiger partial charge on any atom is 0.0807 e. The van der Waals surface area contributed by atoms with Gasteiger partial charge in [0.25, 0.3) is 0 Å². The molecule has 106 valence electrons. The van der Waals surface area contributed by atoms with Gasteiger partial charge in [-0.2, -0.15) is 0 Å². The Morgan fingerprint density at radius 1 is 1.26 bits per heavy atom. The van der Waals surface area contributed by atoms with Crippen molar-refractivity contribution in [3.63, 3.8) is 0 Å². The highest BCUT2D eigenvalue weighted by molar-refractivity contribution is 5.55. The first-order chi connectivity index (χ1) is 9.27. The van der Waals surface area contributed by atoms with Crippen LogP contribution in [0.15, 0.2) is 24.3 Å². The Balaban J connectivity index is 2.32. The van der Waals surface area contributed by atoms with Gasteiger partial charge in [-0.3, -0.25) is 0 Å². The van der Waals surface area contributed by atoms with Crippen LogP contribution in [0.2, 0.25) is 0 Å². The summed E-state index contributed by atoms with van der Waals surface area (Å²) in [7, 11) is 0. The van der Waals surface area contributed by atoms with Crippen LogP contribution in [-0.4, -0.2) is 29.4 Å². The highest BCUT2D eigenvalue weighted by Crippen LogP contribution is 2.31. The van der Waals surface area contributed by atoms with Crippen molar-refractivity contribution in [2.24, 2.45) is 0 Å². The zero-order valence-corrected chi connectivity index (χ0v) is 11.8. The predicted molar refractivity (Wildman–Crippen MR) is 78.4 cm³/mol. The van der Waals surface area contributed by atoms with Crippen LogP contribution < -0.4 is 4.90 Å². The largest absolute Gasteiger partial charge is 0.394 e. The molecule has 0 saturated carbocycles. The summed E-state index contributed by atoms with van der Waals surface area (Å²) in [5.41, 5.74) is 2.09. The van der Waals surface area contributed by atoms with Gasteiger partial charge in [0.2, 0.25) is 0 Å². The van der Waals surface area contributed by atoms with Crippen molar-refractivity contribution in [1.29, 1.82) is 0 Å². The van der Waals surface area contributed by atoms with E-state index in [1.165, 1.54) is 12.8 Å². The fourth-order valence-corrected chi connectivity index (χ4v) is 2.94. The number of hydrogen-bond acceptors (Lipinski definition) is 3. The maximum absolute atomic E-state index is 10.2. The van der Waals surface area contributed by atoms with E-state index in [1.54, 1.807) is 0 Å². The molecule has 1 heterocycles. The van der Waals surface area contributed by atoms with E-state index in [0.717, 1.165) is 30.6 Å². The molecule has 0 aliphatic carbocycles. The van der Waals surface area contributed by atoms with Crippen LogP contribution in [0, 0.1) is 0 Å². The number of aliphatic hydroxyl groups excluding tert-OH is 2. The second-order valence-electron chi connectivity index (χ2n) is 5.36. The predicted octanol–water partition coefficient (Wildman–Crippen LogP) is 2.87. The van der Waals surface area contributed by atoms with Crippen LogP contribution in [0.4, 0.5) is 5.69 Å². The molecule has 1 fully saturated rings. The normalized spacial score (nSPS) is 22.1. The molecule has 0 amide bonds. The molecular formula is C16H25NO2. The molecule has 1 unspecified atom stereocenters. The molecule has 2 N–H and O–H groups in total. The first-order valence-corrected chi connectivity index (χ1v) is 7.42. The van der Waals surface area contributed by atoms with E-state index >= 15 is 0 Å². The zero-order valence-electron chi connectivity index (χ0n) is 11.8. The Bertz CT molecular complexity index is 394. The van der Waals surface area contributed by atoms with Gasteiger partial charge < -0.3 is 15.1 Å². The lowest BCUT2D eigenvalue weighted by Gasteiger charge is -2.33. The minimum atomic E-state index is -0.418. The van der Waals surface area contributed by atoms with Crippen molar-refractivity contribution in [2.75, 3.05) is 18.1 Å². The lowest BCUT2D eigenvalue weighted by molar-refractivity contribution is 0.173. The molecule has 2 atom stereocenters. The molecule has 1 aromatic rings. The Labute approximate surface area is 115 Å². The van der Waals surface area contributed by atoms with Crippen LogP contribution in [0.5, 0.6) is 0 Å². The summed E-state index contributed by atoms with van der Waals surface area (Å²) in [5, 5.41) is 19.8. The van der Waals surface area contributed by atoms with E-state index in [0.29, 0.717) is 6.42 Å². The number of rotatable bonds is 4. The third-order valence-electron chi connectivity index (χ3n) is 4.08. The number of anilines is 1. The van der Waals surface area contributed by atoms with E-state index < -0.39 is 6.10 Å². The van der Waals surface area contributed by atoms with Crippen LogP contribution >= 0.6 is 0 Å². The fraction of sp³-hybridized carbons (Fsp3) is 0.625. The van der Waals surface area contributed by atoms with E-state index in [1.807, 2.05) is 25.1 Å². The summed E-state index contributed by atoms with van der Waals surface area (Å²) in [6.07, 6.45) is 4.90. The SMILES string of the molecule is CC[C@@H](O)c1ccccc1N1CCCCCC1CO. The Kier molecular flexibility index (Phi) is 5.23. The Hall–Kier alpha value is -1.06. The van der Waals surface area contributed by atoms with Crippen molar-refractivity contribution in [3.05, 3.63) is 29.8 Å². The summed E-state index contributed by atoms with van der Waals surface area (Å²) in [5.74, 6) is 0. The highest BCUT2D eigenvalue weighted by Gasteiger charge is 2.23. The molecule has 0 spiro atoms. The summed E-state index contributed by atoms with van der Waals surface area (Å²) < 4.78 is 0. The molecule has 0 radical (unpaired) electrons. The lowest BCUT2D eigenvalue weighted by Crippen LogP contribution is -2.38. The first kappa shape index (κ1) is 14.4. The Morgan fingerprint density at radius 2 is 2.05 bits per heavy atom. The van der Waals surface area contributed by atoms with Gasteiger partial charge in [0.05, 0.1) is 18.8 Å². The minimum absolute atomic E-state index is 0.188. The Morgan fingerprint density at radius 3 is 2.79 bits per heavy atom. The topological polar surface area (TPSA) is 43.7 Å². The number of benzene rings is 1. The van der Waals surface area contributed by atoms with Gasteiger partial charge in [0.15, 0.2) is 0 Å². The molecule has 19 heavy (non-hydrogen) atoms. The highest BCUT2D eigenvalue weighted by atomic mass is 16.3. The first-order valence-electron chi connectivity index (χ1n) is 7.42. The van der Waals surface area contributed by atoms with E-state index in [-0.39, 0.29) is 12.6 Å². The third kappa shape index (κ3) is 3.28. The van der Waals surface area contributed by atoms with Crippen molar-refractivity contribution in [3.8, 4) is 0 Å². The standard InChI is InChI=1S/C16H25NO2/c1-2-16(19)14-9-5-6-10-15(14)17-11-7-3-4-8-13(17)12-18/h5-6,9-10,13,16,18-19H,2-4,7-8,11-12H2,1H3/t13?,16-/m1/s1. The van der Waals surface area contributed by atoms with E-state index in [9.17, 15) is 10.2 Å². The van der Waals surface area contributed by atoms with Gasteiger partial charge in [-0.05, 0) is 25.3 Å². The van der Waals surface area contributed by atoms with Gasteiger partial charge in [0.1, 0.15) is 0 Å². The summed E-state index contributed by atoms with van der Waals surface area (Å²) >= 11 is 0. The average Bonchev–Trinajstić information content (AvgIpc) is 2.71. The minimum Gasteiger partial charge on any atom is -0.394 e. The number of nitrogens with zero attached hydrogens (tertiary/aromatic N) is 1. The smallest absolute Gasteiger partial charge is 0.0807 e. The molecular weight excluding hydrogens is 238 g/mol. The maximum atomic E-state index is 10.2. The number of hydrogen-bond donors (Lipinski definition) is 2. The molecule has 1 aliphatic heterocycles. The van der Waals surface area contributed by atoms with Crippen LogP contribution in [0.1, 0.15) is 50.7 Å². The summed E-state index contributed by atoms with van der Waals surface area (Å²) in [4.78, 5) is 2.29. The van der Waals surface area contributed by atoms with Crippen molar-refractivity contribution in [2.45, 2.75) is 51.2 Å². The fourth-order valence-electron chi connectivity index (χ4n) is 2.94. The van der Waals surface area contributed by atoms with Gasteiger partial charge >= 0.3 is 0 Å². The molecule has 1 aliphatic rings. The molecule has 0 bridgehead atoms. The monoisotopic (exact) mass is 263 g/mol. The number of aliphatic hydroxyl groups is 2. The lowest BCUT2D eigenvalue weighted by atomic mass is 10.0. The third-order valence-corrected chi connectivity index (χ3v) is 4.08. The van der Waals surface area contributed by atoms with Crippen LogP contribution in [0.3, 0.4) is 0 Å². The van der Waals surface area contributed by atoms with E-state index in [4.69, 9.17) is 0 Å². The average molecular weight is 263 g/mol. The molecule has 3 nitrogen and oxygen atoms in total. The molecule has 3 heteroatoms. The molecule has 1 aromatic carbocycles. The quantitative estimate of drug-likeness (QED) is 0.878. The van der Waals surface area contributed by atoms with Gasteiger partial charge in [-0.25, -0.2) is 0 Å².